The molecule has 2 amide bonds. The van der Waals surface area contributed by atoms with Crippen molar-refractivity contribution in [2.75, 3.05) is 43.9 Å². The van der Waals surface area contributed by atoms with Gasteiger partial charge in [0.1, 0.15) is 0 Å². The number of benzene rings is 2. The van der Waals surface area contributed by atoms with Crippen molar-refractivity contribution in [3.8, 4) is 11.1 Å². The molecule has 9 nitrogen and oxygen atoms in total. The molecule has 0 fully saturated rings. The molecule has 0 unspecified atom stereocenters. The second-order valence-electron chi connectivity index (χ2n) is 9.78. The SMILES string of the molecule is CC(=O)N1CCCN(Cc2ccccc2)CCN(C(=O)CNS(C)(=O)=O)Cc2cc(-c3cccnc3)ccc21. The van der Waals surface area contributed by atoms with Crippen LogP contribution in [0.4, 0.5) is 5.69 Å². The lowest BCUT2D eigenvalue weighted by atomic mass is 10.0. The molecule has 4 rings (SSSR count). The van der Waals surface area contributed by atoms with Crippen LogP contribution < -0.4 is 9.62 Å². The molecule has 0 aliphatic carbocycles. The van der Waals surface area contributed by atoms with Crippen LogP contribution in [0.25, 0.3) is 11.1 Å². The van der Waals surface area contributed by atoms with E-state index in [2.05, 4.69) is 26.7 Å². The Balaban J connectivity index is 1.70. The fourth-order valence-corrected chi connectivity index (χ4v) is 5.15. The highest BCUT2D eigenvalue weighted by molar-refractivity contribution is 7.88. The molecule has 0 radical (unpaired) electrons. The van der Waals surface area contributed by atoms with E-state index in [1.54, 1.807) is 29.1 Å². The van der Waals surface area contributed by atoms with Crippen molar-refractivity contribution >= 4 is 27.5 Å². The summed E-state index contributed by atoms with van der Waals surface area (Å²) in [6, 6.07) is 19.8. The second kappa shape index (κ2) is 13.0. The Bertz CT molecular complexity index is 1380. The number of hydrogen-bond donors (Lipinski definition) is 1. The van der Waals surface area contributed by atoms with Crippen molar-refractivity contribution in [2.45, 2.75) is 26.4 Å². The summed E-state index contributed by atoms with van der Waals surface area (Å²) >= 11 is 0. The van der Waals surface area contributed by atoms with Crippen molar-refractivity contribution in [2.24, 2.45) is 0 Å². The first-order chi connectivity index (χ1) is 18.7. The molecule has 0 bridgehead atoms. The number of hydrogen-bond acceptors (Lipinski definition) is 6. The number of carbonyl (C=O) groups is 2. The van der Waals surface area contributed by atoms with Gasteiger partial charge in [0, 0.05) is 64.3 Å². The van der Waals surface area contributed by atoms with Gasteiger partial charge in [-0.05, 0) is 46.9 Å². The minimum atomic E-state index is -3.54. The summed E-state index contributed by atoms with van der Waals surface area (Å²) < 4.78 is 25.8. The number of aromatic nitrogens is 1. The smallest absolute Gasteiger partial charge is 0.237 e. The minimum Gasteiger partial charge on any atom is -0.336 e. The molecular formula is C29H35N5O4S. The molecular weight excluding hydrogens is 514 g/mol. The number of pyridine rings is 1. The lowest BCUT2D eigenvalue weighted by molar-refractivity contribution is -0.130. The first-order valence-electron chi connectivity index (χ1n) is 13.0. The maximum absolute atomic E-state index is 13.3. The molecule has 10 heteroatoms. The van der Waals surface area contributed by atoms with Crippen LogP contribution in [0, 0.1) is 0 Å². The van der Waals surface area contributed by atoms with Gasteiger partial charge in [-0.25, -0.2) is 13.1 Å². The molecule has 1 aliphatic rings. The quantitative estimate of drug-likeness (QED) is 0.507. The van der Waals surface area contributed by atoms with Crippen LogP contribution in [0.3, 0.4) is 0 Å². The van der Waals surface area contributed by atoms with Crippen LogP contribution >= 0.6 is 0 Å². The van der Waals surface area contributed by atoms with Crippen LogP contribution in [0.5, 0.6) is 0 Å². The van der Waals surface area contributed by atoms with Crippen LogP contribution in [-0.2, 0) is 32.7 Å². The number of nitrogens with zero attached hydrogens (tertiary/aromatic N) is 4. The van der Waals surface area contributed by atoms with Crippen molar-refractivity contribution in [3.05, 3.63) is 84.2 Å². The predicted molar refractivity (Wildman–Crippen MR) is 152 cm³/mol. The molecule has 1 N–H and O–H groups in total. The molecule has 0 atom stereocenters. The van der Waals surface area contributed by atoms with Gasteiger partial charge in [-0.3, -0.25) is 19.5 Å². The normalized spacial score (nSPS) is 15.3. The lowest BCUT2D eigenvalue weighted by Crippen LogP contribution is -2.43. The molecule has 0 saturated carbocycles. The van der Waals surface area contributed by atoms with Gasteiger partial charge in [0.15, 0.2) is 0 Å². The van der Waals surface area contributed by atoms with Gasteiger partial charge in [-0.15, -0.1) is 0 Å². The van der Waals surface area contributed by atoms with Gasteiger partial charge in [0.25, 0.3) is 0 Å². The van der Waals surface area contributed by atoms with Crippen molar-refractivity contribution in [1.29, 1.82) is 0 Å². The largest absolute Gasteiger partial charge is 0.336 e. The van der Waals surface area contributed by atoms with Crippen LogP contribution in [0.15, 0.2) is 73.1 Å². The summed E-state index contributed by atoms with van der Waals surface area (Å²) in [5, 5.41) is 0. The van der Waals surface area contributed by atoms with E-state index in [9.17, 15) is 18.0 Å². The summed E-state index contributed by atoms with van der Waals surface area (Å²) in [5.41, 5.74) is 4.58. The lowest BCUT2D eigenvalue weighted by Gasteiger charge is -2.28. The second-order valence-corrected chi connectivity index (χ2v) is 11.6. The van der Waals surface area contributed by atoms with Crippen molar-refractivity contribution < 1.29 is 18.0 Å². The van der Waals surface area contributed by atoms with E-state index in [0.29, 0.717) is 26.2 Å². The third-order valence-electron chi connectivity index (χ3n) is 6.74. The average Bonchev–Trinajstić information content (AvgIpc) is 2.95. The topological polar surface area (TPSA) is 103 Å². The highest BCUT2D eigenvalue weighted by Gasteiger charge is 2.23. The summed E-state index contributed by atoms with van der Waals surface area (Å²) in [6.07, 6.45) is 5.28. The van der Waals surface area contributed by atoms with E-state index in [4.69, 9.17) is 0 Å². The monoisotopic (exact) mass is 549 g/mol. The molecule has 39 heavy (non-hydrogen) atoms. The first-order valence-corrected chi connectivity index (χ1v) is 14.9. The van der Waals surface area contributed by atoms with E-state index in [1.165, 1.54) is 0 Å². The van der Waals surface area contributed by atoms with Crippen LogP contribution in [0.2, 0.25) is 0 Å². The number of sulfonamides is 1. The highest BCUT2D eigenvalue weighted by atomic mass is 32.2. The predicted octanol–water partition coefficient (Wildman–Crippen LogP) is 2.89. The van der Waals surface area contributed by atoms with Crippen LogP contribution in [-0.4, -0.2) is 74.0 Å². The molecule has 1 aromatic heterocycles. The van der Waals surface area contributed by atoms with Gasteiger partial charge in [-0.1, -0.05) is 42.5 Å². The van der Waals surface area contributed by atoms with Crippen molar-refractivity contribution in [1.82, 2.24) is 19.5 Å². The fraction of sp³-hybridized carbons (Fsp3) is 0.345. The van der Waals surface area contributed by atoms with Gasteiger partial charge >= 0.3 is 0 Å². The molecule has 1 aliphatic heterocycles. The minimum absolute atomic E-state index is 0.0733. The number of rotatable bonds is 6. The zero-order valence-electron chi connectivity index (χ0n) is 22.4. The van der Waals surface area contributed by atoms with Gasteiger partial charge in [-0.2, -0.15) is 0 Å². The Morgan fingerprint density at radius 1 is 0.949 bits per heavy atom. The Hall–Kier alpha value is -3.60. The standard InChI is InChI=1S/C29H35N5O4S/c1-23(35)34-15-7-14-32(21-24-8-4-3-5-9-24)16-17-33(29(36)20-31-39(2,37)38)22-27-18-25(11-12-28(27)34)26-10-6-13-30-19-26/h3-6,8-13,18-19,31H,7,14-17,20-22H2,1-2H3. The zero-order chi connectivity index (χ0) is 27.8. The van der Waals surface area contributed by atoms with Gasteiger partial charge in [0.2, 0.25) is 21.8 Å². The summed E-state index contributed by atoms with van der Waals surface area (Å²) in [6.45, 7) is 4.48. The van der Waals surface area contributed by atoms with E-state index in [1.807, 2.05) is 48.5 Å². The Morgan fingerprint density at radius 3 is 2.44 bits per heavy atom. The third-order valence-corrected chi connectivity index (χ3v) is 7.40. The van der Waals surface area contributed by atoms with Crippen LogP contribution in [0.1, 0.15) is 24.5 Å². The van der Waals surface area contributed by atoms with Gasteiger partial charge in [0.05, 0.1) is 12.8 Å². The molecule has 2 aromatic carbocycles. The van der Waals surface area contributed by atoms with Gasteiger partial charge < -0.3 is 9.80 Å². The maximum atomic E-state index is 13.3. The zero-order valence-corrected chi connectivity index (χ0v) is 23.2. The first kappa shape index (κ1) is 28.4. The summed E-state index contributed by atoms with van der Waals surface area (Å²) in [5.74, 6) is -0.401. The third kappa shape index (κ3) is 8.19. The van der Waals surface area contributed by atoms with Crippen molar-refractivity contribution in [3.63, 3.8) is 0 Å². The number of fused-ring (bicyclic) bond motifs is 1. The molecule has 206 valence electrons. The van der Waals surface area contributed by atoms with E-state index in [0.717, 1.165) is 47.2 Å². The number of nitrogens with one attached hydrogen (secondary N) is 1. The summed E-state index contributed by atoms with van der Waals surface area (Å²) in [4.78, 5) is 36.1. The average molecular weight is 550 g/mol. The highest BCUT2D eigenvalue weighted by Crippen LogP contribution is 2.29. The van der Waals surface area contributed by atoms with E-state index < -0.39 is 10.0 Å². The molecule has 2 heterocycles. The Labute approximate surface area is 230 Å². The Morgan fingerprint density at radius 2 is 1.74 bits per heavy atom. The molecule has 0 saturated heterocycles. The molecule has 3 aromatic rings. The van der Waals surface area contributed by atoms with E-state index >= 15 is 0 Å². The van der Waals surface area contributed by atoms with E-state index in [-0.39, 0.29) is 24.9 Å². The maximum Gasteiger partial charge on any atom is 0.237 e. The number of carbonyl (C=O) groups excluding carboxylic acids is 2. The number of anilines is 1. The Kier molecular flexibility index (Phi) is 9.45. The number of amides is 2. The molecule has 0 spiro atoms. The fourth-order valence-electron chi connectivity index (χ4n) is 4.76. The summed E-state index contributed by atoms with van der Waals surface area (Å²) in [7, 11) is -3.54.